The second-order valence-electron chi connectivity index (χ2n) is 10.1. The lowest BCUT2D eigenvalue weighted by Gasteiger charge is -2.15. The van der Waals surface area contributed by atoms with Gasteiger partial charge >= 0.3 is 0 Å². The van der Waals surface area contributed by atoms with Crippen LogP contribution in [0.2, 0.25) is 0 Å². The highest BCUT2D eigenvalue weighted by molar-refractivity contribution is 8.07. The van der Waals surface area contributed by atoms with Crippen LogP contribution in [0.4, 0.5) is 0 Å². The molecule has 0 saturated heterocycles. The van der Waals surface area contributed by atoms with Gasteiger partial charge in [-0.15, -0.1) is 0 Å². The Morgan fingerprint density at radius 1 is 1.20 bits per heavy atom. The Morgan fingerprint density at radius 3 is 2.57 bits per heavy atom. The maximum Gasteiger partial charge on any atom is 0.0229 e. The molecule has 0 aliphatic heterocycles. The minimum absolute atomic E-state index is 0.530. The van der Waals surface area contributed by atoms with E-state index < -0.39 is 0 Å². The Morgan fingerprint density at radius 2 is 1.94 bits per heavy atom. The lowest BCUT2D eigenvalue weighted by Crippen LogP contribution is -2.22. The van der Waals surface area contributed by atoms with E-state index in [1.165, 1.54) is 51.4 Å². The normalized spacial score (nSPS) is 20.3. The lowest BCUT2D eigenvalue weighted by molar-refractivity contribution is 0.462. The zero-order valence-electron chi connectivity index (χ0n) is 23.6. The fraction of sp³-hybridized carbons (Fsp3) is 0.594. The summed E-state index contributed by atoms with van der Waals surface area (Å²) in [6.07, 6.45) is 22.0. The van der Waals surface area contributed by atoms with E-state index in [9.17, 15) is 0 Å². The van der Waals surface area contributed by atoms with Crippen molar-refractivity contribution < 1.29 is 0 Å². The topological polar surface area (TPSA) is 12.0 Å². The van der Waals surface area contributed by atoms with E-state index in [1.807, 2.05) is 17.8 Å². The van der Waals surface area contributed by atoms with Gasteiger partial charge in [0.05, 0.1) is 0 Å². The molecular weight excluding hydrogens is 462 g/mol. The lowest BCUT2D eigenvalue weighted by atomic mass is 9.95. The van der Waals surface area contributed by atoms with Crippen LogP contribution in [0.1, 0.15) is 106 Å². The number of hydrogen-bond donors (Lipinski definition) is 1. The van der Waals surface area contributed by atoms with Crippen LogP contribution in [-0.2, 0) is 0 Å². The monoisotopic (exact) mass is 513 g/mol. The third kappa shape index (κ3) is 13.1. The molecule has 0 amide bonds. The quantitative estimate of drug-likeness (QED) is 0.141. The maximum atomic E-state index is 5.83. The fourth-order valence-electron chi connectivity index (χ4n) is 4.25. The largest absolute Gasteiger partial charge is 0.311 e. The Bertz CT molecular complexity index is 836. The molecule has 0 radical (unpaired) electrons. The second kappa shape index (κ2) is 18.1. The molecule has 0 spiro atoms. The number of thiocarbonyl (C=S) groups is 1. The van der Waals surface area contributed by atoms with Crippen molar-refractivity contribution in [2.24, 2.45) is 5.92 Å². The van der Waals surface area contributed by atoms with Gasteiger partial charge in [-0.2, -0.15) is 0 Å². The zero-order valence-corrected chi connectivity index (χ0v) is 25.3. The molecule has 1 aliphatic carbocycles. The van der Waals surface area contributed by atoms with Gasteiger partial charge in [-0.05, 0) is 106 Å². The van der Waals surface area contributed by atoms with E-state index >= 15 is 0 Å². The molecule has 0 aromatic carbocycles. The van der Waals surface area contributed by atoms with Gasteiger partial charge in [0.15, 0.2) is 0 Å². The molecule has 35 heavy (non-hydrogen) atoms. The molecule has 3 heteroatoms. The van der Waals surface area contributed by atoms with Crippen LogP contribution in [0.15, 0.2) is 69.1 Å². The van der Waals surface area contributed by atoms with E-state index in [1.54, 1.807) is 0 Å². The van der Waals surface area contributed by atoms with Gasteiger partial charge in [-0.25, -0.2) is 0 Å². The highest BCUT2D eigenvalue weighted by Crippen LogP contribution is 2.36. The molecular formula is C32H51NS2. The first-order chi connectivity index (χ1) is 16.7. The van der Waals surface area contributed by atoms with Gasteiger partial charge < -0.3 is 5.32 Å². The summed E-state index contributed by atoms with van der Waals surface area (Å²) in [4.78, 5) is 3.78. The molecule has 1 nitrogen and oxygen atoms in total. The van der Waals surface area contributed by atoms with E-state index in [0.29, 0.717) is 6.04 Å². The first kappa shape index (κ1) is 31.9. The van der Waals surface area contributed by atoms with Crippen LogP contribution >= 0.6 is 24.0 Å². The molecule has 0 heterocycles. The maximum absolute atomic E-state index is 5.83. The summed E-state index contributed by atoms with van der Waals surface area (Å²) in [7, 11) is 0. The van der Waals surface area contributed by atoms with Gasteiger partial charge in [0.1, 0.15) is 0 Å². The fourth-order valence-corrected chi connectivity index (χ4v) is 5.58. The van der Waals surface area contributed by atoms with Crippen molar-refractivity contribution in [1.82, 2.24) is 5.32 Å². The van der Waals surface area contributed by atoms with Crippen molar-refractivity contribution in [2.45, 2.75) is 112 Å². The highest BCUT2D eigenvalue weighted by atomic mass is 32.2. The Hall–Kier alpha value is -1.16. The minimum Gasteiger partial charge on any atom is -0.311 e. The van der Waals surface area contributed by atoms with Crippen molar-refractivity contribution in [2.75, 3.05) is 6.54 Å². The second-order valence-corrected chi connectivity index (χ2v) is 11.9. The molecule has 1 rings (SSSR count). The van der Waals surface area contributed by atoms with Crippen LogP contribution in [0.5, 0.6) is 0 Å². The summed E-state index contributed by atoms with van der Waals surface area (Å²) in [6.45, 7) is 20.6. The van der Waals surface area contributed by atoms with Crippen LogP contribution in [0.25, 0.3) is 0 Å². The van der Waals surface area contributed by atoms with Crippen molar-refractivity contribution in [3.63, 3.8) is 0 Å². The molecule has 0 aromatic heterocycles. The third-order valence-corrected chi connectivity index (χ3v) is 8.28. The molecule has 0 aromatic rings. The van der Waals surface area contributed by atoms with E-state index in [4.69, 9.17) is 12.2 Å². The summed E-state index contributed by atoms with van der Waals surface area (Å²) in [5.41, 5.74) is 5.45. The Labute approximate surface area is 227 Å². The molecule has 0 saturated carbocycles. The van der Waals surface area contributed by atoms with Gasteiger partial charge in [0.25, 0.3) is 0 Å². The minimum atomic E-state index is 0.530. The van der Waals surface area contributed by atoms with E-state index in [-0.39, 0.29) is 0 Å². The van der Waals surface area contributed by atoms with Gasteiger partial charge in [0.2, 0.25) is 0 Å². The summed E-state index contributed by atoms with van der Waals surface area (Å²) < 4.78 is 0. The number of allylic oxidation sites excluding steroid dienone is 9. The average Bonchev–Trinajstić information content (AvgIpc) is 2.92. The predicted molar refractivity (Wildman–Crippen MR) is 166 cm³/mol. The Balaban J connectivity index is 2.98. The molecule has 196 valence electrons. The van der Waals surface area contributed by atoms with Gasteiger partial charge in [0, 0.05) is 22.4 Å². The first-order valence-corrected chi connectivity index (χ1v) is 14.9. The van der Waals surface area contributed by atoms with Crippen LogP contribution < -0.4 is 5.32 Å². The molecule has 0 bridgehead atoms. The van der Waals surface area contributed by atoms with Crippen LogP contribution in [-0.4, -0.2) is 17.5 Å². The van der Waals surface area contributed by atoms with Crippen molar-refractivity contribution in [3.05, 3.63) is 69.1 Å². The smallest absolute Gasteiger partial charge is 0.0229 e. The van der Waals surface area contributed by atoms with E-state index in [2.05, 4.69) is 84.7 Å². The molecule has 1 N–H and O–H groups in total. The van der Waals surface area contributed by atoms with Crippen molar-refractivity contribution in [1.29, 1.82) is 0 Å². The zero-order chi connectivity index (χ0) is 26.2. The van der Waals surface area contributed by atoms with Gasteiger partial charge in [-0.1, -0.05) is 94.6 Å². The average molecular weight is 514 g/mol. The van der Waals surface area contributed by atoms with E-state index in [0.717, 1.165) is 55.9 Å². The van der Waals surface area contributed by atoms with Crippen LogP contribution in [0, 0.1) is 5.92 Å². The SMILES string of the molecule is C=C/C(C)=C(/C=C(\C)SC1=CCCCC(CC)C/C=C\1C(=S)CC)CCCC(C)=CCNC(C)C. The molecule has 1 unspecified atom stereocenters. The standard InChI is InChI=1S/C32H51NS2/c1-9-26(7)29(17-14-15-25(6)21-22-33-24(4)5)23-27(8)35-32-18-13-12-16-28(10-2)19-20-30(32)31(34)11-3/h9,18,20-21,23-24,28,33H,1,10-17,19,22H2,2-8H3/b25-21?,27-23+,29-26+,30-20-,32-18?. The molecule has 1 aliphatic rings. The summed E-state index contributed by atoms with van der Waals surface area (Å²) >= 11 is 7.73. The third-order valence-electron chi connectivity index (χ3n) is 6.72. The Kier molecular flexibility index (Phi) is 16.5. The number of nitrogens with one attached hydrogen (secondary N) is 1. The van der Waals surface area contributed by atoms with Gasteiger partial charge in [-0.3, -0.25) is 0 Å². The summed E-state index contributed by atoms with van der Waals surface area (Å²) in [6, 6.07) is 0.530. The van der Waals surface area contributed by atoms with Crippen molar-refractivity contribution in [3.8, 4) is 0 Å². The predicted octanol–water partition coefficient (Wildman–Crippen LogP) is 10.4. The molecule has 1 atom stereocenters. The number of hydrogen-bond acceptors (Lipinski definition) is 3. The summed E-state index contributed by atoms with van der Waals surface area (Å²) in [5.74, 6) is 0.780. The van der Waals surface area contributed by atoms with Crippen molar-refractivity contribution >= 4 is 28.8 Å². The first-order valence-electron chi connectivity index (χ1n) is 13.7. The summed E-state index contributed by atoms with van der Waals surface area (Å²) in [5, 5.41) is 3.47. The van der Waals surface area contributed by atoms with Crippen LogP contribution in [0.3, 0.4) is 0 Å². The number of rotatable bonds is 14. The highest BCUT2D eigenvalue weighted by Gasteiger charge is 2.15. The molecule has 0 fully saturated rings. The number of thioether (sulfide) groups is 1.